The third-order valence-electron chi connectivity index (χ3n) is 7.53. The highest BCUT2D eigenvalue weighted by molar-refractivity contribution is 6.25. The zero-order chi connectivity index (χ0) is 22.9. The number of aromatic nitrogens is 1. The lowest BCUT2D eigenvalue weighted by atomic mass is 9.95. The van der Waals surface area contributed by atoms with Gasteiger partial charge in [-0.1, -0.05) is 103 Å². The average molecular weight is 444 g/mol. The van der Waals surface area contributed by atoms with Crippen LogP contribution in [0.15, 0.2) is 127 Å². The lowest BCUT2D eigenvalue weighted by Crippen LogP contribution is -1.95. The molecule has 3 aromatic heterocycles. The first kappa shape index (κ1) is 18.8. The number of fused-ring (bicyclic) bond motifs is 6. The Morgan fingerprint density at radius 3 is 1.29 bits per heavy atom. The number of pyridine rings is 2. The van der Waals surface area contributed by atoms with Crippen LogP contribution in [0.5, 0.6) is 0 Å². The van der Waals surface area contributed by atoms with Crippen LogP contribution in [0.4, 0.5) is 0 Å². The highest BCUT2D eigenvalue weighted by Gasteiger charge is 2.17. The fourth-order valence-electron chi connectivity index (χ4n) is 5.92. The Labute approximate surface area is 202 Å². The van der Waals surface area contributed by atoms with Gasteiger partial charge in [0.1, 0.15) is 0 Å². The summed E-state index contributed by atoms with van der Waals surface area (Å²) in [6.45, 7) is 0. The van der Waals surface area contributed by atoms with Gasteiger partial charge in [0.15, 0.2) is 0 Å². The number of para-hydroxylation sites is 1. The van der Waals surface area contributed by atoms with Gasteiger partial charge >= 0.3 is 0 Å². The maximum absolute atomic E-state index is 2.48. The number of nitrogens with zero attached hydrogens (tertiary/aromatic N) is 1. The van der Waals surface area contributed by atoms with Gasteiger partial charge in [-0.05, 0) is 57.3 Å². The first-order valence-corrected chi connectivity index (χ1v) is 12.1. The molecule has 0 fully saturated rings. The normalized spacial score (nSPS) is 12.0. The Balaban J connectivity index is 1.53. The molecule has 0 saturated heterocycles. The van der Waals surface area contributed by atoms with Crippen molar-refractivity contribution < 1.29 is 0 Å². The summed E-state index contributed by atoms with van der Waals surface area (Å²) in [6.07, 6.45) is 0. The highest BCUT2D eigenvalue weighted by Crippen LogP contribution is 2.41. The van der Waals surface area contributed by atoms with Crippen molar-refractivity contribution >= 4 is 48.9 Å². The molecule has 3 heterocycles. The van der Waals surface area contributed by atoms with Gasteiger partial charge in [0.25, 0.3) is 0 Å². The first-order chi connectivity index (χ1) is 17.4. The van der Waals surface area contributed by atoms with Crippen molar-refractivity contribution in [3.05, 3.63) is 127 Å². The molecule has 0 N–H and O–H groups in total. The second-order valence-corrected chi connectivity index (χ2v) is 9.39. The van der Waals surface area contributed by atoms with Crippen LogP contribution in [0, 0.1) is 0 Å². The molecule has 0 atom stereocenters. The summed E-state index contributed by atoms with van der Waals surface area (Å²) in [4.78, 5) is 0. The zero-order valence-electron chi connectivity index (χ0n) is 19.1. The van der Waals surface area contributed by atoms with Crippen molar-refractivity contribution in [1.82, 2.24) is 4.40 Å². The number of hydrogen-bond acceptors (Lipinski definition) is 0. The van der Waals surface area contributed by atoms with Crippen molar-refractivity contribution in [1.29, 1.82) is 0 Å². The predicted octanol–water partition coefficient (Wildman–Crippen LogP) is 9.32. The molecule has 0 saturated carbocycles. The highest BCUT2D eigenvalue weighted by atomic mass is 14.9. The largest absolute Gasteiger partial charge is 0.308 e. The summed E-state index contributed by atoms with van der Waals surface area (Å²) >= 11 is 0. The summed E-state index contributed by atoms with van der Waals surface area (Å²) in [7, 11) is 0. The molecule has 5 aromatic carbocycles. The third-order valence-corrected chi connectivity index (χ3v) is 7.53. The van der Waals surface area contributed by atoms with Crippen molar-refractivity contribution in [2.45, 2.75) is 0 Å². The third kappa shape index (κ3) is 2.58. The van der Waals surface area contributed by atoms with Crippen LogP contribution < -0.4 is 0 Å². The van der Waals surface area contributed by atoms with Crippen LogP contribution in [0.1, 0.15) is 0 Å². The molecular weight excluding hydrogens is 422 g/mol. The van der Waals surface area contributed by atoms with Gasteiger partial charge in [0.05, 0.1) is 16.6 Å². The molecule has 8 aromatic rings. The van der Waals surface area contributed by atoms with E-state index in [2.05, 4.69) is 132 Å². The van der Waals surface area contributed by atoms with Crippen LogP contribution >= 0.6 is 0 Å². The topological polar surface area (TPSA) is 4.41 Å². The van der Waals surface area contributed by atoms with Crippen molar-refractivity contribution in [2.24, 2.45) is 0 Å². The molecule has 162 valence electrons. The van der Waals surface area contributed by atoms with Crippen LogP contribution in [0.3, 0.4) is 0 Å². The average Bonchev–Trinajstić information content (AvgIpc) is 3.39. The molecule has 1 nitrogen and oxygen atoms in total. The molecule has 0 amide bonds. The van der Waals surface area contributed by atoms with Crippen molar-refractivity contribution in [3.63, 3.8) is 0 Å². The van der Waals surface area contributed by atoms with E-state index in [1.54, 1.807) is 0 Å². The maximum Gasteiger partial charge on any atom is 0.0619 e. The van der Waals surface area contributed by atoms with Crippen LogP contribution in [0.2, 0.25) is 0 Å². The van der Waals surface area contributed by atoms with Crippen LogP contribution in [0.25, 0.3) is 71.1 Å². The summed E-state index contributed by atoms with van der Waals surface area (Å²) in [5, 5.41) is 7.82. The number of hydrogen-bond donors (Lipinski definition) is 0. The molecule has 8 rings (SSSR count). The minimum atomic E-state index is 1.25. The van der Waals surface area contributed by atoms with Crippen molar-refractivity contribution in [2.75, 3.05) is 0 Å². The fourth-order valence-corrected chi connectivity index (χ4v) is 5.92. The summed E-state index contributed by atoms with van der Waals surface area (Å²) in [5.41, 5.74) is 8.84. The monoisotopic (exact) mass is 443 g/mol. The summed E-state index contributed by atoms with van der Waals surface area (Å²) in [6, 6.07) is 46.5. The lowest BCUT2D eigenvalue weighted by molar-refractivity contribution is 1.36. The Bertz CT molecular complexity index is 1890. The second-order valence-electron chi connectivity index (χ2n) is 9.39. The summed E-state index contributed by atoms with van der Waals surface area (Å²) in [5.74, 6) is 0. The Morgan fingerprint density at radius 2 is 0.800 bits per heavy atom. The Kier molecular flexibility index (Phi) is 3.72. The standard InChI is InChI=1S/C34H21N/c1-3-8-22(9-4-1)24-14-16-26-28-12-7-13-29-27-17-15-25(23-10-5-2-6-11-23)21-31(27)33-19-18-32(30(26)20-24)35(33)34(28)29/h1-21H. The summed E-state index contributed by atoms with van der Waals surface area (Å²) < 4.78 is 2.48. The smallest absolute Gasteiger partial charge is 0.0619 e. The molecule has 0 aliphatic heterocycles. The quantitative estimate of drug-likeness (QED) is 0.185. The van der Waals surface area contributed by atoms with Gasteiger partial charge in [-0.3, -0.25) is 0 Å². The second kappa shape index (κ2) is 6.94. The molecular formula is C34H21N. The first-order valence-electron chi connectivity index (χ1n) is 12.1. The van der Waals surface area contributed by atoms with E-state index in [0.29, 0.717) is 0 Å². The molecule has 35 heavy (non-hydrogen) atoms. The number of benzene rings is 5. The minimum absolute atomic E-state index is 1.25. The van der Waals surface area contributed by atoms with Gasteiger partial charge in [-0.2, -0.15) is 0 Å². The molecule has 0 radical (unpaired) electrons. The van der Waals surface area contributed by atoms with E-state index >= 15 is 0 Å². The fraction of sp³-hybridized carbons (Fsp3) is 0. The number of rotatable bonds is 2. The van der Waals surface area contributed by atoms with Gasteiger partial charge < -0.3 is 4.40 Å². The van der Waals surface area contributed by atoms with E-state index < -0.39 is 0 Å². The Hall–Kier alpha value is -4.62. The van der Waals surface area contributed by atoms with Gasteiger partial charge in [-0.15, -0.1) is 0 Å². The van der Waals surface area contributed by atoms with E-state index in [-0.39, 0.29) is 0 Å². The van der Waals surface area contributed by atoms with Gasteiger partial charge in [0.2, 0.25) is 0 Å². The van der Waals surface area contributed by atoms with E-state index in [1.807, 2.05) is 0 Å². The van der Waals surface area contributed by atoms with Gasteiger partial charge in [0, 0.05) is 21.5 Å². The maximum atomic E-state index is 2.48. The van der Waals surface area contributed by atoms with E-state index in [4.69, 9.17) is 0 Å². The van der Waals surface area contributed by atoms with E-state index in [9.17, 15) is 0 Å². The molecule has 0 spiro atoms. The SMILES string of the molecule is c1ccc(-c2ccc3c(c2)c2ccc4c5cc(-c6ccccc6)ccc5c5cccc3c5n24)cc1. The molecule has 0 bridgehead atoms. The van der Waals surface area contributed by atoms with E-state index in [1.165, 1.54) is 71.1 Å². The Morgan fingerprint density at radius 1 is 0.314 bits per heavy atom. The van der Waals surface area contributed by atoms with Crippen LogP contribution in [-0.4, -0.2) is 4.40 Å². The minimum Gasteiger partial charge on any atom is -0.308 e. The lowest BCUT2D eigenvalue weighted by Gasteiger charge is -2.17. The predicted molar refractivity (Wildman–Crippen MR) is 149 cm³/mol. The molecule has 0 unspecified atom stereocenters. The van der Waals surface area contributed by atoms with Gasteiger partial charge in [-0.25, -0.2) is 0 Å². The van der Waals surface area contributed by atoms with E-state index in [0.717, 1.165) is 0 Å². The molecule has 0 aliphatic rings. The molecule has 0 aliphatic carbocycles. The van der Waals surface area contributed by atoms with Crippen molar-refractivity contribution in [3.8, 4) is 22.3 Å². The molecule has 1 heteroatoms. The van der Waals surface area contributed by atoms with Crippen LogP contribution in [-0.2, 0) is 0 Å². The zero-order valence-corrected chi connectivity index (χ0v) is 19.1.